The zero-order valence-electron chi connectivity index (χ0n) is 16.3. The first-order valence-corrected chi connectivity index (χ1v) is 10.1. The molecule has 0 saturated heterocycles. The van der Waals surface area contributed by atoms with Gasteiger partial charge in [-0.3, -0.25) is 25.2 Å². The molecular weight excluding hydrogens is 437 g/mol. The molecule has 0 fully saturated rings. The summed E-state index contributed by atoms with van der Waals surface area (Å²) in [7, 11) is 0. The first kappa shape index (κ1) is 22.3. The number of hydrogen-bond donors (Lipinski definition) is 3. The van der Waals surface area contributed by atoms with Gasteiger partial charge in [0.05, 0.1) is 10.6 Å². The zero-order chi connectivity index (χ0) is 22.2. The van der Waals surface area contributed by atoms with Crippen LogP contribution < -0.4 is 16.2 Å². The summed E-state index contributed by atoms with van der Waals surface area (Å²) in [5.41, 5.74) is 6.04. The third-order valence-corrected chi connectivity index (χ3v) is 4.98. The maximum Gasteiger partial charge on any atom is 0.271 e. The second-order valence-electron chi connectivity index (χ2n) is 6.65. The molecule has 0 heterocycles. The lowest BCUT2D eigenvalue weighted by Gasteiger charge is -2.19. The van der Waals surface area contributed by atoms with E-state index in [0.29, 0.717) is 10.6 Å². The minimum atomic E-state index is -0.926. The lowest BCUT2D eigenvalue weighted by atomic mass is 10.0. The quantitative estimate of drug-likeness (QED) is 0.494. The van der Waals surface area contributed by atoms with Gasteiger partial charge in [0.15, 0.2) is 0 Å². The number of benzene rings is 3. The highest BCUT2D eigenvalue weighted by molar-refractivity contribution is 6.35. The van der Waals surface area contributed by atoms with E-state index in [1.807, 2.05) is 30.3 Å². The van der Waals surface area contributed by atoms with Gasteiger partial charge in [0, 0.05) is 17.0 Å². The Hall–Kier alpha value is -3.35. The summed E-state index contributed by atoms with van der Waals surface area (Å²) in [6.45, 7) is 0. The smallest absolute Gasteiger partial charge is 0.271 e. The summed E-state index contributed by atoms with van der Waals surface area (Å²) in [4.78, 5) is 37.8. The van der Waals surface area contributed by atoms with Crippen molar-refractivity contribution in [1.82, 2.24) is 16.2 Å². The first-order valence-electron chi connectivity index (χ1n) is 9.39. The van der Waals surface area contributed by atoms with Crippen LogP contribution in [0.15, 0.2) is 78.9 Å². The van der Waals surface area contributed by atoms with E-state index in [1.54, 1.807) is 36.4 Å². The van der Waals surface area contributed by atoms with E-state index in [9.17, 15) is 14.4 Å². The molecule has 3 aromatic carbocycles. The fourth-order valence-corrected chi connectivity index (χ4v) is 3.21. The second-order valence-corrected chi connectivity index (χ2v) is 7.49. The van der Waals surface area contributed by atoms with E-state index in [0.717, 1.165) is 5.56 Å². The summed E-state index contributed by atoms with van der Waals surface area (Å²) >= 11 is 11.9. The van der Waals surface area contributed by atoms with Crippen LogP contribution in [0.25, 0.3) is 0 Å². The van der Waals surface area contributed by atoms with Crippen molar-refractivity contribution in [3.05, 3.63) is 106 Å². The predicted molar refractivity (Wildman–Crippen MR) is 120 cm³/mol. The molecule has 0 aromatic heterocycles. The fourth-order valence-electron chi connectivity index (χ4n) is 2.83. The van der Waals surface area contributed by atoms with Gasteiger partial charge in [0.2, 0.25) is 0 Å². The van der Waals surface area contributed by atoms with Crippen molar-refractivity contribution in [3.8, 4) is 0 Å². The Labute approximate surface area is 189 Å². The molecule has 3 amide bonds. The molecule has 1 atom stereocenters. The minimum absolute atomic E-state index is 0.113. The highest BCUT2D eigenvalue weighted by Crippen LogP contribution is 2.20. The topological polar surface area (TPSA) is 87.3 Å². The van der Waals surface area contributed by atoms with Gasteiger partial charge in [-0.2, -0.15) is 0 Å². The number of hydrogen-bond acceptors (Lipinski definition) is 3. The highest BCUT2D eigenvalue weighted by Gasteiger charge is 2.23. The third kappa shape index (κ3) is 6.31. The molecule has 0 aliphatic heterocycles. The summed E-state index contributed by atoms with van der Waals surface area (Å²) in [6.07, 6.45) is 0.235. The predicted octanol–water partition coefficient (Wildman–Crippen LogP) is 3.80. The number of carbonyl (C=O) groups excluding carboxylic acids is 3. The Morgan fingerprint density at radius 2 is 1.42 bits per heavy atom. The molecule has 3 N–H and O–H groups in total. The van der Waals surface area contributed by atoms with Crippen LogP contribution in [0.4, 0.5) is 0 Å². The lowest BCUT2D eigenvalue weighted by Crippen LogP contribution is -2.53. The monoisotopic (exact) mass is 455 g/mol. The van der Waals surface area contributed by atoms with Crippen LogP contribution in [0, 0.1) is 0 Å². The Kier molecular flexibility index (Phi) is 7.65. The van der Waals surface area contributed by atoms with Gasteiger partial charge in [-0.25, -0.2) is 0 Å². The van der Waals surface area contributed by atoms with E-state index < -0.39 is 23.8 Å². The van der Waals surface area contributed by atoms with Crippen LogP contribution in [-0.4, -0.2) is 23.8 Å². The van der Waals surface area contributed by atoms with E-state index in [1.165, 1.54) is 12.1 Å². The molecule has 8 heteroatoms. The van der Waals surface area contributed by atoms with Gasteiger partial charge in [-0.15, -0.1) is 0 Å². The molecule has 0 aliphatic carbocycles. The molecular formula is C23H19Cl2N3O3. The summed E-state index contributed by atoms with van der Waals surface area (Å²) in [5.74, 6) is -1.62. The molecule has 0 radical (unpaired) electrons. The number of rotatable bonds is 6. The van der Waals surface area contributed by atoms with Gasteiger partial charge in [-0.1, -0.05) is 71.7 Å². The average Bonchev–Trinajstić information content (AvgIpc) is 2.79. The van der Waals surface area contributed by atoms with Crippen LogP contribution in [0.5, 0.6) is 0 Å². The second kappa shape index (κ2) is 10.6. The van der Waals surface area contributed by atoms with Crippen molar-refractivity contribution in [3.63, 3.8) is 0 Å². The van der Waals surface area contributed by atoms with Crippen LogP contribution >= 0.6 is 23.2 Å². The molecule has 31 heavy (non-hydrogen) atoms. The van der Waals surface area contributed by atoms with E-state index in [4.69, 9.17) is 23.2 Å². The third-order valence-electron chi connectivity index (χ3n) is 4.41. The average molecular weight is 456 g/mol. The van der Waals surface area contributed by atoms with Gasteiger partial charge >= 0.3 is 0 Å². The summed E-state index contributed by atoms with van der Waals surface area (Å²) in [6, 6.07) is 21.3. The number of carbonyl (C=O) groups is 3. The van der Waals surface area contributed by atoms with Crippen molar-refractivity contribution in [2.75, 3.05) is 0 Å². The molecule has 0 unspecified atom stereocenters. The number of halogens is 2. The maximum atomic E-state index is 12.8. The van der Waals surface area contributed by atoms with Crippen LogP contribution in [0.3, 0.4) is 0 Å². The Morgan fingerprint density at radius 3 is 2.10 bits per heavy atom. The van der Waals surface area contributed by atoms with Crippen molar-refractivity contribution < 1.29 is 14.4 Å². The summed E-state index contributed by atoms with van der Waals surface area (Å²) in [5, 5.41) is 3.24. The van der Waals surface area contributed by atoms with Crippen molar-refractivity contribution in [2.45, 2.75) is 12.5 Å². The molecule has 0 bridgehead atoms. The Bertz CT molecular complexity index is 1080. The number of amides is 3. The molecule has 3 aromatic rings. The Morgan fingerprint density at radius 1 is 0.774 bits per heavy atom. The van der Waals surface area contributed by atoms with Crippen molar-refractivity contribution in [1.29, 1.82) is 0 Å². The number of hydrazine groups is 1. The maximum absolute atomic E-state index is 12.8. The minimum Gasteiger partial charge on any atom is -0.340 e. The first-order chi connectivity index (χ1) is 14.9. The van der Waals surface area contributed by atoms with E-state index >= 15 is 0 Å². The van der Waals surface area contributed by atoms with Crippen molar-refractivity contribution >= 4 is 40.9 Å². The number of nitrogens with one attached hydrogen (secondary N) is 3. The van der Waals surface area contributed by atoms with Gasteiger partial charge in [0.25, 0.3) is 17.7 Å². The standard InChI is InChI=1S/C23H19Cl2N3O3/c24-17-11-12-19(25)18(14-17)22(30)27-28-23(31)20(13-15-7-3-1-4-8-15)26-21(29)16-9-5-2-6-10-16/h1-12,14,20H,13H2,(H,26,29)(H,27,30)(H,28,31)/t20-/m1/s1. The van der Waals surface area contributed by atoms with Crippen LogP contribution in [-0.2, 0) is 11.2 Å². The zero-order valence-corrected chi connectivity index (χ0v) is 17.8. The highest BCUT2D eigenvalue weighted by atomic mass is 35.5. The van der Waals surface area contributed by atoms with E-state index in [2.05, 4.69) is 16.2 Å². The molecule has 0 spiro atoms. The SMILES string of the molecule is O=C(N[C@H](Cc1ccccc1)C(=O)NNC(=O)c1cc(Cl)ccc1Cl)c1ccccc1. The molecule has 0 saturated carbocycles. The van der Waals surface area contributed by atoms with E-state index in [-0.39, 0.29) is 17.0 Å². The van der Waals surface area contributed by atoms with Crippen LogP contribution in [0.2, 0.25) is 10.0 Å². The van der Waals surface area contributed by atoms with Crippen LogP contribution in [0.1, 0.15) is 26.3 Å². The van der Waals surface area contributed by atoms with Crippen molar-refractivity contribution in [2.24, 2.45) is 0 Å². The normalized spacial score (nSPS) is 11.3. The molecule has 6 nitrogen and oxygen atoms in total. The fraction of sp³-hybridized carbons (Fsp3) is 0.0870. The van der Waals surface area contributed by atoms with Gasteiger partial charge in [0.1, 0.15) is 6.04 Å². The largest absolute Gasteiger partial charge is 0.340 e. The molecule has 158 valence electrons. The lowest BCUT2D eigenvalue weighted by molar-refractivity contribution is -0.123. The van der Waals surface area contributed by atoms with Gasteiger partial charge in [-0.05, 0) is 35.9 Å². The summed E-state index contributed by atoms with van der Waals surface area (Å²) < 4.78 is 0. The molecule has 3 rings (SSSR count). The molecule has 0 aliphatic rings. The Balaban J connectivity index is 1.71. The van der Waals surface area contributed by atoms with Gasteiger partial charge < -0.3 is 5.32 Å².